The van der Waals surface area contributed by atoms with Crippen molar-refractivity contribution in [3.05, 3.63) is 11.6 Å². The minimum Gasteiger partial charge on any atom is -0.467 e. The number of carbonyl (C=O) groups excluding carboxylic acids is 4. The number of methoxy groups -OCH3 is 3. The second-order valence-corrected chi connectivity index (χ2v) is 7.94. The van der Waals surface area contributed by atoms with Crippen LogP contribution in [-0.2, 0) is 42.9 Å². The summed E-state index contributed by atoms with van der Waals surface area (Å²) in [6.45, 7) is 5.07. The first-order valence-corrected chi connectivity index (χ1v) is 10.6. The largest absolute Gasteiger partial charge is 0.467 e. The highest BCUT2D eigenvalue weighted by Crippen LogP contribution is 2.39. The molecule has 0 radical (unpaired) electrons. The molecule has 10 heteroatoms. The van der Waals surface area contributed by atoms with Crippen LogP contribution in [0.25, 0.3) is 0 Å². The van der Waals surface area contributed by atoms with Crippen molar-refractivity contribution < 1.29 is 48.0 Å². The van der Waals surface area contributed by atoms with Gasteiger partial charge in [-0.1, -0.05) is 32.6 Å². The van der Waals surface area contributed by atoms with E-state index in [4.69, 9.17) is 14.2 Å². The molecule has 3 atom stereocenters. The van der Waals surface area contributed by atoms with Gasteiger partial charge in [0.15, 0.2) is 11.6 Å². The van der Waals surface area contributed by atoms with Crippen LogP contribution in [0.4, 0.5) is 0 Å². The van der Waals surface area contributed by atoms with Gasteiger partial charge in [-0.3, -0.25) is 4.79 Å². The smallest absolute Gasteiger partial charge is 0.345 e. The van der Waals surface area contributed by atoms with E-state index >= 15 is 0 Å². The molecule has 0 aromatic heterocycles. The second-order valence-electron chi connectivity index (χ2n) is 7.94. The molecule has 0 spiro atoms. The average molecular weight is 459 g/mol. The normalized spacial score (nSPS) is 22.0. The molecule has 182 valence electrons. The van der Waals surface area contributed by atoms with Gasteiger partial charge in [0.25, 0.3) is 0 Å². The fourth-order valence-electron chi connectivity index (χ4n) is 3.49. The van der Waals surface area contributed by atoms with E-state index in [1.54, 1.807) is 0 Å². The molecule has 1 fully saturated rings. The number of rotatable bonds is 12. The van der Waals surface area contributed by atoms with Gasteiger partial charge in [0.1, 0.15) is 12.2 Å². The van der Waals surface area contributed by atoms with Gasteiger partial charge in [0.2, 0.25) is 5.60 Å². The first-order chi connectivity index (χ1) is 15.0. The monoisotopic (exact) mass is 458 g/mol. The molecule has 1 heterocycles. The Hall–Kier alpha value is -2.30. The molecule has 0 aliphatic carbocycles. The van der Waals surface area contributed by atoms with E-state index in [2.05, 4.69) is 16.4 Å². The number of hydrogen-bond donors (Lipinski definition) is 1. The van der Waals surface area contributed by atoms with Crippen molar-refractivity contribution >= 4 is 23.7 Å². The van der Waals surface area contributed by atoms with Crippen molar-refractivity contribution in [1.82, 2.24) is 0 Å². The number of esters is 3. The van der Waals surface area contributed by atoms with Gasteiger partial charge in [-0.05, 0) is 20.3 Å². The number of Topliss-reactive ketones (excluding diaryl/α,β-unsaturated/α-hetero) is 1. The summed E-state index contributed by atoms with van der Waals surface area (Å²) in [5, 5.41) is 11.5. The van der Waals surface area contributed by atoms with Crippen molar-refractivity contribution in [1.29, 1.82) is 0 Å². The highest BCUT2D eigenvalue weighted by atomic mass is 16.8. The number of aliphatic hydroxyl groups is 1. The van der Waals surface area contributed by atoms with Crippen molar-refractivity contribution in [3.63, 3.8) is 0 Å². The molecule has 1 aliphatic rings. The van der Waals surface area contributed by atoms with E-state index in [0.717, 1.165) is 47.0 Å². The van der Waals surface area contributed by atoms with Crippen LogP contribution in [0.5, 0.6) is 0 Å². The van der Waals surface area contributed by atoms with Crippen molar-refractivity contribution in [2.24, 2.45) is 0 Å². The fraction of sp³-hybridized carbons (Fsp3) is 0.727. The maximum absolute atomic E-state index is 13.0. The standard InChI is InChI=1S/C22H34O10/c1-7-8-9-10-11-12-15(23)17-18(32-21(2,3)31-17)22(27,20(26)30-6)14(19(25)29-5)13-16(24)28-4/h13,17-18,27H,7-12H2,1-6H3/b14-13+/t17-,18+,22+/m0/s1. The molecular weight excluding hydrogens is 424 g/mol. The topological polar surface area (TPSA) is 135 Å². The minimum absolute atomic E-state index is 0.121. The van der Waals surface area contributed by atoms with Crippen LogP contribution in [0.15, 0.2) is 11.6 Å². The Morgan fingerprint density at radius 2 is 1.59 bits per heavy atom. The van der Waals surface area contributed by atoms with Crippen LogP contribution in [0.3, 0.4) is 0 Å². The molecule has 0 aromatic rings. The molecule has 0 amide bonds. The molecule has 32 heavy (non-hydrogen) atoms. The van der Waals surface area contributed by atoms with Gasteiger partial charge in [-0.25, -0.2) is 14.4 Å². The molecule has 0 saturated carbocycles. The second kappa shape index (κ2) is 12.1. The molecule has 0 bridgehead atoms. The first-order valence-electron chi connectivity index (χ1n) is 10.6. The lowest BCUT2D eigenvalue weighted by atomic mass is 9.82. The highest BCUT2D eigenvalue weighted by Gasteiger charge is 2.62. The fourth-order valence-corrected chi connectivity index (χ4v) is 3.49. The van der Waals surface area contributed by atoms with Gasteiger partial charge in [-0.2, -0.15) is 0 Å². The van der Waals surface area contributed by atoms with Gasteiger partial charge in [0.05, 0.1) is 26.9 Å². The molecule has 1 saturated heterocycles. The Morgan fingerprint density at radius 3 is 2.12 bits per heavy atom. The van der Waals surface area contributed by atoms with E-state index in [-0.39, 0.29) is 6.42 Å². The molecule has 1 N–H and O–H groups in total. The Morgan fingerprint density at radius 1 is 0.969 bits per heavy atom. The Balaban J connectivity index is 3.40. The van der Waals surface area contributed by atoms with Crippen molar-refractivity contribution in [2.75, 3.05) is 21.3 Å². The zero-order valence-electron chi connectivity index (χ0n) is 19.6. The maximum atomic E-state index is 13.0. The minimum atomic E-state index is -2.88. The summed E-state index contributed by atoms with van der Waals surface area (Å²) in [4.78, 5) is 50.0. The summed E-state index contributed by atoms with van der Waals surface area (Å²) < 4.78 is 25.3. The zero-order chi connectivity index (χ0) is 24.5. The highest BCUT2D eigenvalue weighted by molar-refractivity contribution is 6.05. The van der Waals surface area contributed by atoms with E-state index in [9.17, 15) is 24.3 Å². The van der Waals surface area contributed by atoms with E-state index in [0.29, 0.717) is 12.5 Å². The predicted molar refractivity (Wildman–Crippen MR) is 111 cm³/mol. The maximum Gasteiger partial charge on any atom is 0.345 e. The Labute approximate surface area is 188 Å². The molecule has 1 rings (SSSR count). The number of hydrogen-bond acceptors (Lipinski definition) is 10. The van der Waals surface area contributed by atoms with Crippen LogP contribution >= 0.6 is 0 Å². The summed E-state index contributed by atoms with van der Waals surface area (Å²) in [6.07, 6.45) is 2.15. The number of carbonyl (C=O) groups is 4. The van der Waals surface area contributed by atoms with Crippen LogP contribution in [0.2, 0.25) is 0 Å². The summed E-state index contributed by atoms with van der Waals surface area (Å²) in [5.41, 5.74) is -3.68. The summed E-state index contributed by atoms with van der Waals surface area (Å²) in [6, 6.07) is 0. The quantitative estimate of drug-likeness (QED) is 0.199. The van der Waals surface area contributed by atoms with Crippen LogP contribution in [-0.4, -0.2) is 73.7 Å². The molecule has 10 nitrogen and oxygen atoms in total. The van der Waals surface area contributed by atoms with Crippen molar-refractivity contribution in [3.8, 4) is 0 Å². The van der Waals surface area contributed by atoms with E-state index < -0.39 is 52.9 Å². The summed E-state index contributed by atoms with van der Waals surface area (Å²) in [7, 11) is 3.03. The lowest BCUT2D eigenvalue weighted by Crippen LogP contribution is -2.59. The molecule has 0 aromatic carbocycles. The van der Waals surface area contributed by atoms with Gasteiger partial charge in [0, 0.05) is 12.5 Å². The van der Waals surface area contributed by atoms with E-state index in [1.807, 2.05) is 0 Å². The third-order valence-electron chi connectivity index (χ3n) is 5.13. The average Bonchev–Trinajstić information content (AvgIpc) is 3.11. The third-order valence-corrected chi connectivity index (χ3v) is 5.13. The third kappa shape index (κ3) is 6.60. The first kappa shape index (κ1) is 27.7. The molecule has 0 unspecified atom stereocenters. The van der Waals surface area contributed by atoms with Crippen LogP contribution in [0, 0.1) is 0 Å². The Bertz CT molecular complexity index is 726. The number of ether oxygens (including phenoxy) is 5. The number of ketones is 1. The van der Waals surface area contributed by atoms with Gasteiger partial charge >= 0.3 is 17.9 Å². The lowest BCUT2D eigenvalue weighted by molar-refractivity contribution is -0.187. The summed E-state index contributed by atoms with van der Waals surface area (Å²) in [5.74, 6) is -5.36. The summed E-state index contributed by atoms with van der Waals surface area (Å²) >= 11 is 0. The number of unbranched alkanes of at least 4 members (excludes halogenated alkanes) is 4. The Kier molecular flexibility index (Phi) is 10.5. The van der Waals surface area contributed by atoms with Gasteiger partial charge < -0.3 is 28.8 Å². The molecular formula is C22H34O10. The van der Waals surface area contributed by atoms with Crippen LogP contribution in [0.1, 0.15) is 59.3 Å². The van der Waals surface area contributed by atoms with E-state index in [1.165, 1.54) is 13.8 Å². The SMILES string of the molecule is CCCCCCCC(=O)[C@@H]1OC(C)(C)O[C@H]1[C@@](O)(C(=O)OC)/C(=C/C(=O)OC)C(=O)OC. The predicted octanol–water partition coefficient (Wildman–Crippen LogP) is 1.61. The molecule has 1 aliphatic heterocycles. The lowest BCUT2D eigenvalue weighted by Gasteiger charge is -2.33. The zero-order valence-corrected chi connectivity index (χ0v) is 19.6. The van der Waals surface area contributed by atoms with Crippen LogP contribution < -0.4 is 0 Å². The van der Waals surface area contributed by atoms with Crippen molar-refractivity contribution in [2.45, 2.75) is 82.9 Å². The van der Waals surface area contributed by atoms with Gasteiger partial charge in [-0.15, -0.1) is 0 Å².